The van der Waals surface area contributed by atoms with Crippen LogP contribution in [-0.4, -0.2) is 32.4 Å². The fraction of sp³-hybridized carbons (Fsp3) is 0.250. The summed E-state index contributed by atoms with van der Waals surface area (Å²) in [6.07, 6.45) is 6.68. The lowest BCUT2D eigenvalue weighted by Gasteiger charge is -2.11. The van der Waals surface area contributed by atoms with Gasteiger partial charge in [-0.2, -0.15) is 15.4 Å². The van der Waals surface area contributed by atoms with Gasteiger partial charge in [-0.25, -0.2) is 9.97 Å². The minimum absolute atomic E-state index is 0.0186. The first-order valence-corrected chi connectivity index (χ1v) is 4.19. The Hall–Kier alpha value is -1.82. The highest BCUT2D eigenvalue weighted by Crippen LogP contribution is 2.16. The van der Waals surface area contributed by atoms with E-state index in [1.807, 2.05) is 7.05 Å². The maximum atomic E-state index is 4.01. The summed E-state index contributed by atoms with van der Waals surface area (Å²) in [5, 5.41) is 13.5. The Morgan fingerprint density at radius 3 is 2.64 bits per heavy atom. The molecule has 2 rings (SSSR count). The van der Waals surface area contributed by atoms with Crippen LogP contribution in [0.4, 0.5) is 0 Å². The van der Waals surface area contributed by atoms with E-state index in [1.165, 1.54) is 6.33 Å². The van der Waals surface area contributed by atoms with Crippen molar-refractivity contribution in [2.45, 2.75) is 6.04 Å². The van der Waals surface area contributed by atoms with Crippen LogP contribution in [0.5, 0.6) is 0 Å². The average Bonchev–Trinajstić information content (AvgIpc) is 2.74. The Morgan fingerprint density at radius 2 is 2.07 bits per heavy atom. The molecule has 0 aliphatic carbocycles. The van der Waals surface area contributed by atoms with E-state index in [0.717, 1.165) is 11.3 Å². The number of aromatic nitrogens is 5. The molecule has 0 spiro atoms. The molecule has 0 aliphatic rings. The van der Waals surface area contributed by atoms with Crippen molar-refractivity contribution in [1.29, 1.82) is 0 Å². The molecule has 14 heavy (non-hydrogen) atoms. The molecule has 0 fully saturated rings. The molecule has 0 saturated carbocycles. The molecule has 1 atom stereocenters. The molecule has 1 unspecified atom stereocenters. The van der Waals surface area contributed by atoms with Gasteiger partial charge >= 0.3 is 0 Å². The van der Waals surface area contributed by atoms with Gasteiger partial charge in [0.25, 0.3) is 0 Å². The quantitative estimate of drug-likeness (QED) is 0.706. The number of hydrogen-bond acceptors (Lipinski definition) is 5. The topological polar surface area (TPSA) is 79.4 Å². The van der Waals surface area contributed by atoms with Gasteiger partial charge in [-0.3, -0.25) is 0 Å². The smallest absolute Gasteiger partial charge is 0.115 e. The van der Waals surface area contributed by atoms with Gasteiger partial charge in [0, 0.05) is 18.0 Å². The Balaban J connectivity index is 2.31. The molecule has 0 aromatic carbocycles. The van der Waals surface area contributed by atoms with Crippen LogP contribution in [0.15, 0.2) is 24.9 Å². The molecule has 0 amide bonds. The van der Waals surface area contributed by atoms with Crippen LogP contribution >= 0.6 is 0 Å². The van der Waals surface area contributed by atoms with Gasteiger partial charge in [0.15, 0.2) is 0 Å². The lowest BCUT2D eigenvalue weighted by atomic mass is 10.1. The second-order valence-electron chi connectivity index (χ2n) is 2.79. The van der Waals surface area contributed by atoms with E-state index >= 15 is 0 Å². The zero-order valence-corrected chi connectivity index (χ0v) is 7.68. The lowest BCUT2D eigenvalue weighted by molar-refractivity contribution is 0.661. The van der Waals surface area contributed by atoms with Crippen molar-refractivity contribution in [3.63, 3.8) is 0 Å². The fourth-order valence-corrected chi connectivity index (χ4v) is 1.29. The Kier molecular flexibility index (Phi) is 2.46. The van der Waals surface area contributed by atoms with Crippen LogP contribution in [0, 0.1) is 0 Å². The van der Waals surface area contributed by atoms with Crippen molar-refractivity contribution in [2.24, 2.45) is 0 Å². The van der Waals surface area contributed by atoms with Gasteiger partial charge in [0.2, 0.25) is 0 Å². The second kappa shape index (κ2) is 3.93. The molecule has 72 valence electrons. The van der Waals surface area contributed by atoms with Crippen LogP contribution in [0.1, 0.15) is 17.3 Å². The first-order valence-electron chi connectivity index (χ1n) is 4.19. The van der Waals surface area contributed by atoms with Gasteiger partial charge in [-0.1, -0.05) is 0 Å². The third-order valence-electron chi connectivity index (χ3n) is 1.93. The highest BCUT2D eigenvalue weighted by molar-refractivity contribution is 5.20. The Bertz CT molecular complexity index is 370. The van der Waals surface area contributed by atoms with Crippen molar-refractivity contribution in [3.05, 3.63) is 36.2 Å². The summed E-state index contributed by atoms with van der Waals surface area (Å²) in [6, 6.07) is -0.0186. The number of nitrogens with zero attached hydrogens (tertiary/aromatic N) is 4. The monoisotopic (exact) mass is 190 g/mol. The first-order chi connectivity index (χ1) is 6.92. The summed E-state index contributed by atoms with van der Waals surface area (Å²) in [5.41, 5.74) is 1.78. The summed E-state index contributed by atoms with van der Waals surface area (Å²) in [7, 11) is 1.85. The largest absolute Gasteiger partial charge is 0.308 e. The Labute approximate surface area is 80.8 Å². The summed E-state index contributed by atoms with van der Waals surface area (Å²) in [4.78, 5) is 7.91. The van der Waals surface area contributed by atoms with E-state index in [1.54, 1.807) is 18.6 Å². The molecule has 6 heteroatoms. The van der Waals surface area contributed by atoms with Crippen LogP contribution in [0.3, 0.4) is 0 Å². The third kappa shape index (κ3) is 1.60. The first kappa shape index (κ1) is 8.76. The molecule has 6 nitrogen and oxygen atoms in total. The molecule has 2 aromatic rings. The maximum Gasteiger partial charge on any atom is 0.115 e. The van der Waals surface area contributed by atoms with Crippen molar-refractivity contribution in [3.8, 4) is 0 Å². The Morgan fingerprint density at radius 1 is 1.29 bits per heavy atom. The number of aromatic amines is 1. The van der Waals surface area contributed by atoms with E-state index in [9.17, 15) is 0 Å². The van der Waals surface area contributed by atoms with E-state index in [4.69, 9.17) is 0 Å². The van der Waals surface area contributed by atoms with Crippen LogP contribution < -0.4 is 5.32 Å². The molecule has 0 radical (unpaired) electrons. The van der Waals surface area contributed by atoms with Gasteiger partial charge < -0.3 is 5.32 Å². The third-order valence-corrected chi connectivity index (χ3v) is 1.93. The van der Waals surface area contributed by atoms with Crippen LogP contribution in [0.25, 0.3) is 0 Å². The highest BCUT2D eigenvalue weighted by Gasteiger charge is 2.14. The van der Waals surface area contributed by atoms with Gasteiger partial charge in [0.1, 0.15) is 12.0 Å². The van der Waals surface area contributed by atoms with Crippen molar-refractivity contribution in [1.82, 2.24) is 30.7 Å². The average molecular weight is 190 g/mol. The highest BCUT2D eigenvalue weighted by atomic mass is 15.3. The van der Waals surface area contributed by atoms with E-state index < -0.39 is 0 Å². The van der Waals surface area contributed by atoms with Gasteiger partial charge in [-0.15, -0.1) is 0 Å². The number of rotatable bonds is 3. The minimum atomic E-state index is -0.0186. The molecule has 0 aliphatic heterocycles. The fourth-order valence-electron chi connectivity index (χ4n) is 1.29. The zero-order chi connectivity index (χ0) is 9.80. The lowest BCUT2D eigenvalue weighted by Crippen LogP contribution is -2.18. The van der Waals surface area contributed by atoms with Crippen LogP contribution in [0.2, 0.25) is 0 Å². The molecule has 0 bridgehead atoms. The van der Waals surface area contributed by atoms with Crippen molar-refractivity contribution < 1.29 is 0 Å². The molecule has 2 aromatic heterocycles. The number of hydrogen-bond donors (Lipinski definition) is 2. The van der Waals surface area contributed by atoms with E-state index in [2.05, 4.69) is 30.7 Å². The van der Waals surface area contributed by atoms with Crippen molar-refractivity contribution >= 4 is 0 Å². The van der Waals surface area contributed by atoms with E-state index in [-0.39, 0.29) is 6.04 Å². The van der Waals surface area contributed by atoms with Crippen LogP contribution in [-0.2, 0) is 0 Å². The standard InChI is InChI=1S/C8H10N6/c1-9-8(7-4-12-14-13-7)6-2-10-5-11-3-6/h2-5,8-9H,1H3,(H,12,13,14). The summed E-state index contributed by atoms with van der Waals surface area (Å²) in [6.45, 7) is 0. The normalized spacial score (nSPS) is 12.6. The minimum Gasteiger partial charge on any atom is -0.308 e. The molecule has 2 N–H and O–H groups in total. The van der Waals surface area contributed by atoms with Crippen molar-refractivity contribution in [2.75, 3.05) is 7.05 Å². The second-order valence-corrected chi connectivity index (χ2v) is 2.79. The number of nitrogens with one attached hydrogen (secondary N) is 2. The molecular weight excluding hydrogens is 180 g/mol. The van der Waals surface area contributed by atoms with E-state index in [0.29, 0.717) is 0 Å². The molecular formula is C8H10N6. The van der Waals surface area contributed by atoms with Gasteiger partial charge in [0.05, 0.1) is 12.2 Å². The molecule has 2 heterocycles. The predicted octanol–water partition coefficient (Wildman–Crippen LogP) is -0.0965. The maximum absolute atomic E-state index is 4.01. The zero-order valence-electron chi connectivity index (χ0n) is 7.68. The summed E-state index contributed by atoms with van der Waals surface area (Å²) < 4.78 is 0. The summed E-state index contributed by atoms with van der Waals surface area (Å²) in [5.74, 6) is 0. The molecule has 0 saturated heterocycles. The van der Waals surface area contributed by atoms with Gasteiger partial charge in [-0.05, 0) is 7.05 Å². The predicted molar refractivity (Wildman–Crippen MR) is 49.3 cm³/mol. The summed E-state index contributed by atoms with van der Waals surface area (Å²) >= 11 is 0. The number of H-pyrrole nitrogens is 1. The SMILES string of the molecule is CNC(c1cncnc1)c1cn[nH]n1.